The first-order valence-electron chi connectivity index (χ1n) is 8.35. The van der Waals surface area contributed by atoms with Crippen molar-refractivity contribution in [2.75, 3.05) is 6.54 Å². The lowest BCUT2D eigenvalue weighted by atomic mass is 10.1. The molecule has 1 amide bonds. The number of carbonyl (C=O) groups excluding carboxylic acids is 1. The van der Waals surface area contributed by atoms with Crippen molar-refractivity contribution in [2.24, 2.45) is 0 Å². The quantitative estimate of drug-likeness (QED) is 0.567. The highest BCUT2D eigenvalue weighted by molar-refractivity contribution is 6.06. The van der Waals surface area contributed by atoms with Crippen molar-refractivity contribution < 1.29 is 13.7 Å². The normalized spacial score (nSPS) is 10.4. The molecule has 3 aromatic heterocycles. The first kappa shape index (κ1) is 16.6. The molecule has 0 aliphatic rings. The van der Waals surface area contributed by atoms with Gasteiger partial charge in [-0.25, -0.2) is 4.98 Å². The number of benzene rings is 1. The molecule has 6 heteroatoms. The Balaban J connectivity index is 1.61. The van der Waals surface area contributed by atoms with Crippen molar-refractivity contribution in [3.05, 3.63) is 71.6 Å². The molecule has 0 bridgehead atoms. The van der Waals surface area contributed by atoms with Crippen molar-refractivity contribution in [1.29, 1.82) is 0 Å². The molecule has 4 aromatic rings. The molecule has 0 fully saturated rings. The number of aromatic nitrogens is 2. The van der Waals surface area contributed by atoms with Crippen LogP contribution in [0.4, 0.5) is 0 Å². The summed E-state index contributed by atoms with van der Waals surface area (Å²) >= 11 is 0. The van der Waals surface area contributed by atoms with E-state index < -0.39 is 0 Å². The molecule has 1 aromatic carbocycles. The molecule has 27 heavy (non-hydrogen) atoms. The third kappa shape index (κ3) is 3.44. The summed E-state index contributed by atoms with van der Waals surface area (Å²) in [6, 6.07) is 14.8. The molecular formula is C21H15N3O3. The molecule has 4 rings (SSSR count). The minimum atomic E-state index is -0.274. The van der Waals surface area contributed by atoms with Crippen molar-refractivity contribution in [3.8, 4) is 23.3 Å². The van der Waals surface area contributed by atoms with Crippen LogP contribution in [0.2, 0.25) is 0 Å². The summed E-state index contributed by atoms with van der Waals surface area (Å²) in [5.41, 5.74) is 2.72. The molecular weight excluding hydrogens is 342 g/mol. The van der Waals surface area contributed by atoms with Gasteiger partial charge < -0.3 is 14.3 Å². The topological polar surface area (TPSA) is 81.2 Å². The number of rotatable bonds is 3. The number of fused-ring (bicyclic) bond motifs is 1. The lowest BCUT2D eigenvalue weighted by Gasteiger charge is -2.05. The SMILES string of the molecule is Cc1noc2nc(-c3ccco3)cc(C(=O)NCC#Cc3ccccc3)c12. The summed E-state index contributed by atoms with van der Waals surface area (Å²) in [5, 5.41) is 7.31. The van der Waals surface area contributed by atoms with Gasteiger partial charge in [0.05, 0.1) is 29.5 Å². The maximum absolute atomic E-state index is 12.7. The highest BCUT2D eigenvalue weighted by Crippen LogP contribution is 2.27. The van der Waals surface area contributed by atoms with Gasteiger partial charge in [0.15, 0.2) is 5.76 Å². The Kier molecular flexibility index (Phi) is 4.42. The van der Waals surface area contributed by atoms with E-state index in [9.17, 15) is 4.79 Å². The van der Waals surface area contributed by atoms with E-state index >= 15 is 0 Å². The number of pyridine rings is 1. The lowest BCUT2D eigenvalue weighted by Crippen LogP contribution is -2.24. The van der Waals surface area contributed by atoms with Crippen LogP contribution in [0, 0.1) is 18.8 Å². The zero-order valence-corrected chi connectivity index (χ0v) is 14.5. The van der Waals surface area contributed by atoms with Crippen LogP contribution in [0.25, 0.3) is 22.6 Å². The van der Waals surface area contributed by atoms with E-state index in [1.165, 1.54) is 0 Å². The molecule has 0 spiro atoms. The second kappa shape index (κ2) is 7.18. The predicted molar refractivity (Wildman–Crippen MR) is 99.9 cm³/mol. The highest BCUT2D eigenvalue weighted by atomic mass is 16.5. The van der Waals surface area contributed by atoms with Crippen LogP contribution < -0.4 is 5.32 Å². The van der Waals surface area contributed by atoms with Gasteiger partial charge in [0.1, 0.15) is 5.69 Å². The Morgan fingerprint density at radius 2 is 2.04 bits per heavy atom. The monoisotopic (exact) mass is 357 g/mol. The lowest BCUT2D eigenvalue weighted by molar-refractivity contribution is 0.0960. The molecule has 0 saturated carbocycles. The van der Waals surface area contributed by atoms with Crippen molar-refractivity contribution in [3.63, 3.8) is 0 Å². The molecule has 0 radical (unpaired) electrons. The molecule has 0 aliphatic heterocycles. The largest absolute Gasteiger partial charge is 0.463 e. The second-order valence-corrected chi connectivity index (χ2v) is 5.83. The number of aryl methyl sites for hydroxylation is 1. The molecule has 132 valence electrons. The van der Waals surface area contributed by atoms with E-state index in [4.69, 9.17) is 8.94 Å². The fourth-order valence-electron chi connectivity index (χ4n) is 2.71. The van der Waals surface area contributed by atoms with Gasteiger partial charge in [-0.1, -0.05) is 35.2 Å². The average molecular weight is 357 g/mol. The summed E-state index contributed by atoms with van der Waals surface area (Å²) in [5.74, 6) is 6.22. The van der Waals surface area contributed by atoms with Crippen molar-refractivity contribution >= 4 is 17.0 Å². The van der Waals surface area contributed by atoms with E-state index in [2.05, 4.69) is 27.3 Å². The van der Waals surface area contributed by atoms with Gasteiger partial charge in [-0.05, 0) is 37.3 Å². The number of hydrogen-bond acceptors (Lipinski definition) is 5. The molecule has 1 N–H and O–H groups in total. The Morgan fingerprint density at radius 3 is 2.81 bits per heavy atom. The number of furan rings is 1. The smallest absolute Gasteiger partial charge is 0.259 e. The number of nitrogens with one attached hydrogen (secondary N) is 1. The number of amides is 1. The van der Waals surface area contributed by atoms with E-state index in [0.29, 0.717) is 33.8 Å². The van der Waals surface area contributed by atoms with Crippen LogP contribution in [-0.4, -0.2) is 22.6 Å². The Labute approximate surface area is 155 Å². The Hall–Kier alpha value is -3.85. The van der Waals surface area contributed by atoms with Crippen LogP contribution in [0.5, 0.6) is 0 Å². The third-order valence-corrected chi connectivity index (χ3v) is 3.98. The first-order chi connectivity index (χ1) is 13.2. The van der Waals surface area contributed by atoms with E-state index in [-0.39, 0.29) is 12.5 Å². The fourth-order valence-corrected chi connectivity index (χ4v) is 2.71. The van der Waals surface area contributed by atoms with Gasteiger partial charge in [-0.3, -0.25) is 4.79 Å². The molecule has 0 saturated heterocycles. The minimum absolute atomic E-state index is 0.220. The molecule has 6 nitrogen and oxygen atoms in total. The van der Waals surface area contributed by atoms with Crippen LogP contribution in [-0.2, 0) is 0 Å². The zero-order chi connectivity index (χ0) is 18.6. The van der Waals surface area contributed by atoms with Crippen LogP contribution in [0.3, 0.4) is 0 Å². The number of hydrogen-bond donors (Lipinski definition) is 1. The van der Waals surface area contributed by atoms with E-state index in [1.54, 1.807) is 31.4 Å². The van der Waals surface area contributed by atoms with Gasteiger partial charge in [-0.15, -0.1) is 0 Å². The van der Waals surface area contributed by atoms with E-state index in [0.717, 1.165) is 5.56 Å². The average Bonchev–Trinajstić information content (AvgIpc) is 3.36. The molecule has 0 unspecified atom stereocenters. The molecule has 3 heterocycles. The number of nitrogens with zero attached hydrogens (tertiary/aromatic N) is 2. The zero-order valence-electron chi connectivity index (χ0n) is 14.5. The van der Waals surface area contributed by atoms with E-state index in [1.807, 2.05) is 30.3 Å². The maximum atomic E-state index is 12.7. The number of carbonyl (C=O) groups is 1. The summed E-state index contributed by atoms with van der Waals surface area (Å²) < 4.78 is 10.6. The van der Waals surface area contributed by atoms with Crippen LogP contribution in [0.1, 0.15) is 21.6 Å². The molecule has 0 atom stereocenters. The van der Waals surface area contributed by atoms with Gasteiger partial charge in [0.25, 0.3) is 11.6 Å². The maximum Gasteiger partial charge on any atom is 0.259 e. The van der Waals surface area contributed by atoms with Gasteiger partial charge in [0.2, 0.25) is 0 Å². The van der Waals surface area contributed by atoms with Gasteiger partial charge >= 0.3 is 0 Å². The summed E-state index contributed by atoms with van der Waals surface area (Å²) in [7, 11) is 0. The fraction of sp³-hybridized carbons (Fsp3) is 0.0952. The Bertz CT molecular complexity index is 1150. The van der Waals surface area contributed by atoms with Gasteiger partial charge in [-0.2, -0.15) is 0 Å². The molecule has 0 aliphatic carbocycles. The predicted octanol–water partition coefficient (Wildman–Crippen LogP) is 3.57. The van der Waals surface area contributed by atoms with Crippen molar-refractivity contribution in [1.82, 2.24) is 15.5 Å². The summed E-state index contributed by atoms with van der Waals surface area (Å²) in [4.78, 5) is 17.1. The van der Waals surface area contributed by atoms with Crippen LogP contribution >= 0.6 is 0 Å². The highest BCUT2D eigenvalue weighted by Gasteiger charge is 2.19. The second-order valence-electron chi connectivity index (χ2n) is 5.83. The Morgan fingerprint density at radius 1 is 1.19 bits per heavy atom. The van der Waals surface area contributed by atoms with Crippen molar-refractivity contribution in [2.45, 2.75) is 6.92 Å². The standard InChI is InChI=1S/C21H15N3O3/c1-14-19-16(20(25)22-11-5-9-15-7-3-2-4-8-15)13-17(18-10-6-12-26-18)23-21(19)27-24-14/h2-4,6-8,10,12-13H,11H2,1H3,(H,22,25). The van der Waals surface area contributed by atoms with Crippen LogP contribution in [0.15, 0.2) is 63.7 Å². The summed E-state index contributed by atoms with van der Waals surface area (Å²) in [6.45, 7) is 1.99. The first-order valence-corrected chi connectivity index (χ1v) is 8.35. The summed E-state index contributed by atoms with van der Waals surface area (Å²) in [6.07, 6.45) is 1.55. The van der Waals surface area contributed by atoms with Gasteiger partial charge in [0, 0.05) is 5.56 Å². The third-order valence-electron chi connectivity index (χ3n) is 3.98. The minimum Gasteiger partial charge on any atom is -0.463 e.